The molecule has 0 aliphatic heterocycles. The molecule has 0 aliphatic rings. The quantitative estimate of drug-likeness (QED) is 0.672. The molecule has 0 fully saturated rings. The van der Waals surface area contributed by atoms with Gasteiger partial charge in [0.1, 0.15) is 0 Å². The maximum atomic E-state index is 12.6. The molecule has 0 spiro atoms. The van der Waals surface area contributed by atoms with Gasteiger partial charge >= 0.3 is 0 Å². The summed E-state index contributed by atoms with van der Waals surface area (Å²) in [6.07, 6.45) is 0. The van der Waals surface area contributed by atoms with Crippen molar-refractivity contribution in [1.82, 2.24) is 0 Å². The number of halogens is 1. The molecule has 4 heteroatoms. The lowest BCUT2D eigenvalue weighted by Crippen LogP contribution is -2.14. The first-order valence-corrected chi connectivity index (χ1v) is 8.04. The molecule has 0 saturated heterocycles. The van der Waals surface area contributed by atoms with E-state index in [0.717, 1.165) is 16.9 Å². The molecule has 3 rings (SSSR count). The Bertz CT molecular complexity index is 820. The van der Waals surface area contributed by atoms with E-state index in [4.69, 9.17) is 11.6 Å². The number of amides is 1. The second-order valence-corrected chi connectivity index (χ2v) is 5.79. The van der Waals surface area contributed by atoms with Crippen LogP contribution in [0.15, 0.2) is 78.9 Å². The first kappa shape index (κ1) is 16.1. The maximum absolute atomic E-state index is 12.6. The Morgan fingerprint density at radius 1 is 0.875 bits per heavy atom. The Kier molecular flexibility index (Phi) is 5.14. The predicted molar refractivity (Wildman–Crippen MR) is 99.6 cm³/mol. The monoisotopic (exact) mass is 336 g/mol. The highest BCUT2D eigenvalue weighted by atomic mass is 35.5. The molecule has 3 aromatic carbocycles. The van der Waals surface area contributed by atoms with Crippen LogP contribution in [0, 0.1) is 0 Å². The van der Waals surface area contributed by atoms with E-state index in [9.17, 15) is 4.79 Å². The molecule has 2 N–H and O–H groups in total. The van der Waals surface area contributed by atoms with Gasteiger partial charge < -0.3 is 10.6 Å². The normalized spacial score (nSPS) is 10.2. The smallest absolute Gasteiger partial charge is 0.257 e. The van der Waals surface area contributed by atoms with Gasteiger partial charge in [-0.1, -0.05) is 60.1 Å². The van der Waals surface area contributed by atoms with E-state index in [1.165, 1.54) is 0 Å². The number of anilines is 2. The Labute approximate surface area is 146 Å². The molecule has 0 aromatic heterocycles. The number of carbonyl (C=O) groups excluding carboxylic acids is 1. The zero-order valence-electron chi connectivity index (χ0n) is 13.0. The molecule has 0 heterocycles. The standard InChI is InChI=1S/C20H17ClN2O/c21-16-11-12-19(22-14-15-7-3-1-4-8-15)18(13-16)20(24)23-17-9-5-2-6-10-17/h1-13,22H,14H2,(H,23,24). The highest BCUT2D eigenvalue weighted by Crippen LogP contribution is 2.23. The van der Waals surface area contributed by atoms with E-state index in [1.54, 1.807) is 12.1 Å². The minimum Gasteiger partial charge on any atom is -0.380 e. The van der Waals surface area contributed by atoms with E-state index in [1.807, 2.05) is 66.7 Å². The van der Waals surface area contributed by atoms with Gasteiger partial charge in [-0.2, -0.15) is 0 Å². The molecule has 0 saturated carbocycles. The van der Waals surface area contributed by atoms with Crippen molar-refractivity contribution in [1.29, 1.82) is 0 Å². The van der Waals surface area contributed by atoms with E-state index in [-0.39, 0.29) is 5.91 Å². The van der Waals surface area contributed by atoms with Gasteiger partial charge in [0, 0.05) is 22.9 Å². The number of hydrogen-bond acceptors (Lipinski definition) is 2. The van der Waals surface area contributed by atoms with Crippen LogP contribution in [-0.2, 0) is 6.54 Å². The first-order chi connectivity index (χ1) is 11.7. The zero-order chi connectivity index (χ0) is 16.8. The lowest BCUT2D eigenvalue weighted by molar-refractivity contribution is 0.102. The fraction of sp³-hybridized carbons (Fsp3) is 0.0500. The van der Waals surface area contributed by atoms with E-state index in [0.29, 0.717) is 17.1 Å². The number of para-hydroxylation sites is 1. The molecule has 0 bridgehead atoms. The van der Waals surface area contributed by atoms with Crippen LogP contribution in [0.5, 0.6) is 0 Å². The predicted octanol–water partition coefficient (Wildman–Crippen LogP) is 5.20. The van der Waals surface area contributed by atoms with Gasteiger partial charge in [0.05, 0.1) is 5.56 Å². The van der Waals surface area contributed by atoms with Crippen molar-refractivity contribution in [3.63, 3.8) is 0 Å². The molecule has 3 aromatic rings. The number of nitrogens with one attached hydrogen (secondary N) is 2. The fourth-order valence-corrected chi connectivity index (χ4v) is 2.54. The van der Waals surface area contributed by atoms with Crippen molar-refractivity contribution >= 4 is 28.9 Å². The van der Waals surface area contributed by atoms with Crippen LogP contribution in [0.25, 0.3) is 0 Å². The highest BCUT2D eigenvalue weighted by molar-refractivity contribution is 6.31. The van der Waals surface area contributed by atoms with Gasteiger partial charge in [0.2, 0.25) is 0 Å². The van der Waals surface area contributed by atoms with Crippen LogP contribution in [0.1, 0.15) is 15.9 Å². The van der Waals surface area contributed by atoms with E-state index >= 15 is 0 Å². The van der Waals surface area contributed by atoms with Gasteiger partial charge in [-0.15, -0.1) is 0 Å². The van der Waals surface area contributed by atoms with Crippen molar-refractivity contribution in [3.05, 3.63) is 95.0 Å². The second kappa shape index (κ2) is 7.66. The van der Waals surface area contributed by atoms with Gasteiger partial charge in [-0.25, -0.2) is 0 Å². The molecule has 0 atom stereocenters. The lowest BCUT2D eigenvalue weighted by atomic mass is 10.1. The van der Waals surface area contributed by atoms with Crippen molar-refractivity contribution in [3.8, 4) is 0 Å². The third-order valence-corrected chi connectivity index (χ3v) is 3.82. The molecule has 24 heavy (non-hydrogen) atoms. The maximum Gasteiger partial charge on any atom is 0.257 e. The van der Waals surface area contributed by atoms with Crippen molar-refractivity contribution in [2.24, 2.45) is 0 Å². The molecular formula is C20H17ClN2O. The van der Waals surface area contributed by atoms with Crippen LogP contribution in [0.2, 0.25) is 5.02 Å². The highest BCUT2D eigenvalue weighted by Gasteiger charge is 2.12. The summed E-state index contributed by atoms with van der Waals surface area (Å²) in [5.41, 5.74) is 3.15. The zero-order valence-corrected chi connectivity index (χ0v) is 13.8. The molecule has 120 valence electrons. The molecular weight excluding hydrogens is 320 g/mol. The third kappa shape index (κ3) is 4.15. The van der Waals surface area contributed by atoms with Gasteiger partial charge in [-0.05, 0) is 35.9 Å². The van der Waals surface area contributed by atoms with Crippen LogP contribution in [0.3, 0.4) is 0 Å². The second-order valence-electron chi connectivity index (χ2n) is 5.35. The fourth-order valence-electron chi connectivity index (χ4n) is 2.37. The van der Waals surface area contributed by atoms with Crippen LogP contribution >= 0.6 is 11.6 Å². The van der Waals surface area contributed by atoms with Crippen molar-refractivity contribution in [2.75, 3.05) is 10.6 Å². The Morgan fingerprint density at radius 3 is 2.25 bits per heavy atom. The average molecular weight is 337 g/mol. The number of rotatable bonds is 5. The topological polar surface area (TPSA) is 41.1 Å². The summed E-state index contributed by atoms with van der Waals surface area (Å²) in [6.45, 7) is 0.633. The molecule has 0 radical (unpaired) electrons. The van der Waals surface area contributed by atoms with Gasteiger partial charge in [-0.3, -0.25) is 4.79 Å². The Balaban J connectivity index is 1.79. The van der Waals surface area contributed by atoms with Gasteiger partial charge in [0.25, 0.3) is 5.91 Å². The minimum atomic E-state index is -0.195. The number of hydrogen-bond donors (Lipinski definition) is 2. The number of carbonyl (C=O) groups is 1. The summed E-state index contributed by atoms with van der Waals surface area (Å²) in [6, 6.07) is 24.6. The summed E-state index contributed by atoms with van der Waals surface area (Å²) in [7, 11) is 0. The summed E-state index contributed by atoms with van der Waals surface area (Å²) in [5.74, 6) is -0.195. The summed E-state index contributed by atoms with van der Waals surface area (Å²) >= 11 is 6.07. The molecule has 1 amide bonds. The SMILES string of the molecule is O=C(Nc1ccccc1)c1cc(Cl)ccc1NCc1ccccc1. The van der Waals surface area contributed by atoms with E-state index < -0.39 is 0 Å². The van der Waals surface area contributed by atoms with Crippen molar-refractivity contribution < 1.29 is 4.79 Å². The summed E-state index contributed by atoms with van der Waals surface area (Å²) in [5, 5.41) is 6.72. The number of benzene rings is 3. The Hall–Kier alpha value is -2.78. The first-order valence-electron chi connectivity index (χ1n) is 7.66. The lowest BCUT2D eigenvalue weighted by Gasteiger charge is -2.13. The van der Waals surface area contributed by atoms with E-state index in [2.05, 4.69) is 10.6 Å². The molecule has 0 unspecified atom stereocenters. The van der Waals surface area contributed by atoms with Crippen LogP contribution in [0.4, 0.5) is 11.4 Å². The van der Waals surface area contributed by atoms with Gasteiger partial charge in [0.15, 0.2) is 0 Å². The summed E-state index contributed by atoms with van der Waals surface area (Å²) in [4.78, 5) is 12.6. The molecule has 3 nitrogen and oxygen atoms in total. The summed E-state index contributed by atoms with van der Waals surface area (Å²) < 4.78 is 0. The largest absolute Gasteiger partial charge is 0.380 e. The van der Waals surface area contributed by atoms with Crippen molar-refractivity contribution in [2.45, 2.75) is 6.54 Å². The average Bonchev–Trinajstić information content (AvgIpc) is 2.62. The van der Waals surface area contributed by atoms with Crippen LogP contribution in [-0.4, -0.2) is 5.91 Å². The Morgan fingerprint density at radius 2 is 1.54 bits per heavy atom. The molecule has 0 aliphatic carbocycles. The third-order valence-electron chi connectivity index (χ3n) is 3.58. The van der Waals surface area contributed by atoms with Crippen LogP contribution < -0.4 is 10.6 Å². The minimum absolute atomic E-state index is 0.195.